The minimum atomic E-state index is -0.716. The van der Waals surface area contributed by atoms with Crippen molar-refractivity contribution in [1.82, 2.24) is 4.90 Å². The monoisotopic (exact) mass is 398 g/mol. The normalized spacial score (nSPS) is 16.8. The van der Waals surface area contributed by atoms with Crippen LogP contribution >= 0.6 is 0 Å². The zero-order valence-electron chi connectivity index (χ0n) is 17.1. The van der Waals surface area contributed by atoms with E-state index in [1.54, 1.807) is 6.07 Å². The van der Waals surface area contributed by atoms with Crippen LogP contribution in [0.3, 0.4) is 0 Å². The fourth-order valence-electron chi connectivity index (χ4n) is 3.34. The quantitative estimate of drug-likeness (QED) is 0.687. The van der Waals surface area contributed by atoms with Gasteiger partial charge in [-0.3, -0.25) is 9.59 Å². The molecule has 0 radical (unpaired) electrons. The SMILES string of the molecule is CC(C)OCCN1C(=O)C(O)=C(C(=O)c2ccco2)C1c1ccc(N(C)C)cc1. The van der Waals surface area contributed by atoms with Gasteiger partial charge in [0, 0.05) is 26.3 Å². The van der Waals surface area contributed by atoms with Crippen LogP contribution in [0.4, 0.5) is 5.69 Å². The largest absolute Gasteiger partial charge is 0.503 e. The van der Waals surface area contributed by atoms with E-state index in [-0.39, 0.29) is 24.0 Å². The minimum absolute atomic E-state index is 0.0105. The summed E-state index contributed by atoms with van der Waals surface area (Å²) in [6, 6.07) is 9.93. The van der Waals surface area contributed by atoms with Crippen molar-refractivity contribution in [3.63, 3.8) is 0 Å². The Balaban J connectivity index is 1.99. The molecular formula is C22H26N2O5. The molecule has 1 aromatic heterocycles. The molecular weight excluding hydrogens is 372 g/mol. The molecule has 1 aliphatic heterocycles. The molecule has 0 saturated carbocycles. The lowest BCUT2D eigenvalue weighted by molar-refractivity contribution is -0.130. The fourth-order valence-corrected chi connectivity index (χ4v) is 3.34. The van der Waals surface area contributed by atoms with Crippen molar-refractivity contribution in [2.24, 2.45) is 0 Å². The Kier molecular flexibility index (Phi) is 6.08. The van der Waals surface area contributed by atoms with Gasteiger partial charge in [0.1, 0.15) is 0 Å². The Morgan fingerprint density at radius 3 is 2.48 bits per heavy atom. The second-order valence-corrected chi connectivity index (χ2v) is 7.38. The number of furan rings is 1. The van der Waals surface area contributed by atoms with E-state index in [2.05, 4.69) is 0 Å². The van der Waals surface area contributed by atoms with Gasteiger partial charge < -0.3 is 24.1 Å². The summed E-state index contributed by atoms with van der Waals surface area (Å²) in [6.07, 6.45) is 1.40. The van der Waals surface area contributed by atoms with Crippen molar-refractivity contribution < 1.29 is 23.8 Å². The molecule has 3 rings (SSSR count). The van der Waals surface area contributed by atoms with Crippen LogP contribution in [0.25, 0.3) is 0 Å². The highest BCUT2D eigenvalue weighted by Crippen LogP contribution is 2.39. The molecule has 1 aromatic carbocycles. The van der Waals surface area contributed by atoms with E-state index < -0.39 is 23.5 Å². The minimum Gasteiger partial charge on any atom is -0.503 e. The number of aliphatic hydroxyl groups excluding tert-OH is 1. The van der Waals surface area contributed by atoms with Crippen LogP contribution in [0, 0.1) is 0 Å². The second-order valence-electron chi connectivity index (χ2n) is 7.38. The maximum Gasteiger partial charge on any atom is 0.290 e. The molecule has 154 valence electrons. The van der Waals surface area contributed by atoms with Crippen molar-refractivity contribution in [1.29, 1.82) is 0 Å². The van der Waals surface area contributed by atoms with Gasteiger partial charge in [0.15, 0.2) is 11.5 Å². The third kappa shape index (κ3) is 4.19. The number of hydrogen-bond acceptors (Lipinski definition) is 6. The predicted octanol–water partition coefficient (Wildman–Crippen LogP) is 3.35. The Labute approximate surface area is 170 Å². The lowest BCUT2D eigenvalue weighted by Crippen LogP contribution is -2.34. The van der Waals surface area contributed by atoms with Gasteiger partial charge in [0.05, 0.1) is 30.6 Å². The maximum atomic E-state index is 13.0. The van der Waals surface area contributed by atoms with Gasteiger partial charge in [0.25, 0.3) is 5.91 Å². The molecule has 7 nitrogen and oxygen atoms in total. The van der Waals surface area contributed by atoms with Crippen molar-refractivity contribution in [3.8, 4) is 0 Å². The number of anilines is 1. The Hall–Kier alpha value is -3.06. The summed E-state index contributed by atoms with van der Waals surface area (Å²) in [6.45, 7) is 4.36. The number of Topliss-reactive ketones (excluding diaryl/α,β-unsaturated/α-hetero) is 1. The van der Waals surface area contributed by atoms with Crippen molar-refractivity contribution >= 4 is 17.4 Å². The molecule has 29 heavy (non-hydrogen) atoms. The highest BCUT2D eigenvalue weighted by molar-refractivity contribution is 6.15. The third-order valence-electron chi connectivity index (χ3n) is 4.80. The molecule has 1 unspecified atom stereocenters. The molecule has 2 heterocycles. The highest BCUT2D eigenvalue weighted by atomic mass is 16.5. The smallest absolute Gasteiger partial charge is 0.290 e. The van der Waals surface area contributed by atoms with E-state index in [0.29, 0.717) is 6.61 Å². The van der Waals surface area contributed by atoms with Gasteiger partial charge >= 0.3 is 0 Å². The molecule has 0 spiro atoms. The maximum absolute atomic E-state index is 13.0. The van der Waals surface area contributed by atoms with E-state index in [0.717, 1.165) is 11.3 Å². The van der Waals surface area contributed by atoms with Crippen LogP contribution in [0.5, 0.6) is 0 Å². The first-order valence-corrected chi connectivity index (χ1v) is 9.52. The van der Waals surface area contributed by atoms with Crippen molar-refractivity contribution in [2.45, 2.75) is 26.0 Å². The number of ketones is 1. The van der Waals surface area contributed by atoms with Gasteiger partial charge in [-0.15, -0.1) is 0 Å². The van der Waals surface area contributed by atoms with Crippen LogP contribution < -0.4 is 4.90 Å². The Bertz CT molecular complexity index is 898. The van der Waals surface area contributed by atoms with Gasteiger partial charge in [0.2, 0.25) is 5.78 Å². The van der Waals surface area contributed by atoms with Crippen LogP contribution in [0.15, 0.2) is 58.4 Å². The molecule has 2 aromatic rings. The van der Waals surface area contributed by atoms with Crippen LogP contribution in [-0.2, 0) is 9.53 Å². The Morgan fingerprint density at radius 1 is 1.24 bits per heavy atom. The summed E-state index contributed by atoms with van der Waals surface area (Å²) < 4.78 is 10.8. The number of benzene rings is 1. The first kappa shape index (κ1) is 20.7. The summed E-state index contributed by atoms with van der Waals surface area (Å²) in [5.74, 6) is -1.56. The number of ether oxygens (including phenoxy) is 1. The number of rotatable bonds is 8. The first-order chi connectivity index (χ1) is 13.8. The number of aliphatic hydroxyl groups is 1. The molecule has 7 heteroatoms. The predicted molar refractivity (Wildman–Crippen MR) is 109 cm³/mol. The summed E-state index contributed by atoms with van der Waals surface area (Å²) in [5.41, 5.74) is 1.74. The summed E-state index contributed by atoms with van der Waals surface area (Å²) in [7, 11) is 3.86. The fraction of sp³-hybridized carbons (Fsp3) is 0.364. The van der Waals surface area contributed by atoms with E-state index >= 15 is 0 Å². The summed E-state index contributed by atoms with van der Waals surface area (Å²) in [5, 5.41) is 10.6. The van der Waals surface area contributed by atoms with Gasteiger partial charge in [-0.1, -0.05) is 12.1 Å². The zero-order valence-corrected chi connectivity index (χ0v) is 17.1. The first-order valence-electron chi connectivity index (χ1n) is 9.52. The standard InChI is InChI=1S/C22H26N2O5/c1-14(2)28-13-11-24-19(15-7-9-16(10-8-15)23(3)4)18(21(26)22(24)27)20(25)17-6-5-12-29-17/h5-10,12,14,19,26H,11,13H2,1-4H3. The number of carbonyl (C=O) groups excluding carboxylic acids is 2. The molecule has 0 aliphatic carbocycles. The van der Waals surface area contributed by atoms with Crippen LogP contribution in [0.2, 0.25) is 0 Å². The van der Waals surface area contributed by atoms with Gasteiger partial charge in [-0.05, 0) is 43.7 Å². The molecule has 1 aliphatic rings. The third-order valence-corrected chi connectivity index (χ3v) is 4.80. The highest BCUT2D eigenvalue weighted by Gasteiger charge is 2.44. The van der Waals surface area contributed by atoms with Crippen molar-refractivity contribution in [3.05, 3.63) is 65.3 Å². The average Bonchev–Trinajstić information content (AvgIpc) is 3.30. The number of nitrogens with zero attached hydrogens (tertiary/aromatic N) is 2. The molecule has 0 saturated heterocycles. The lowest BCUT2D eigenvalue weighted by Gasteiger charge is -2.27. The summed E-state index contributed by atoms with van der Waals surface area (Å²) in [4.78, 5) is 29.2. The van der Waals surface area contributed by atoms with Crippen LogP contribution in [-0.4, -0.2) is 55.0 Å². The van der Waals surface area contributed by atoms with E-state index in [1.165, 1.54) is 17.2 Å². The van der Waals surface area contributed by atoms with Gasteiger partial charge in [-0.2, -0.15) is 0 Å². The number of amides is 1. The van der Waals surface area contributed by atoms with Crippen molar-refractivity contribution in [2.75, 3.05) is 32.1 Å². The molecule has 1 atom stereocenters. The van der Waals surface area contributed by atoms with Gasteiger partial charge in [-0.25, -0.2) is 0 Å². The number of hydrogen-bond donors (Lipinski definition) is 1. The topological polar surface area (TPSA) is 83.2 Å². The molecule has 1 amide bonds. The molecule has 0 bridgehead atoms. The lowest BCUT2D eigenvalue weighted by atomic mass is 9.95. The second kappa shape index (κ2) is 8.53. The van der Waals surface area contributed by atoms with Crippen LogP contribution in [0.1, 0.15) is 36.0 Å². The zero-order chi connectivity index (χ0) is 21.1. The Morgan fingerprint density at radius 2 is 1.93 bits per heavy atom. The summed E-state index contributed by atoms with van der Waals surface area (Å²) >= 11 is 0. The molecule has 1 N–H and O–H groups in total. The van der Waals surface area contributed by atoms with E-state index in [1.807, 2.05) is 57.1 Å². The van der Waals surface area contributed by atoms with E-state index in [9.17, 15) is 14.7 Å². The molecule has 0 fully saturated rings. The number of carbonyl (C=O) groups is 2. The average molecular weight is 398 g/mol. The van der Waals surface area contributed by atoms with E-state index in [4.69, 9.17) is 9.15 Å².